The molecule has 144 valence electrons. The van der Waals surface area contributed by atoms with Crippen LogP contribution >= 0.6 is 11.6 Å². The molecule has 2 aromatic rings. The minimum atomic E-state index is -3.70. The lowest BCUT2D eigenvalue weighted by Gasteiger charge is -2.35. The molecule has 0 radical (unpaired) electrons. The zero-order valence-corrected chi connectivity index (χ0v) is 16.6. The van der Waals surface area contributed by atoms with Crippen LogP contribution in [0.1, 0.15) is 0 Å². The number of anilines is 2. The lowest BCUT2D eigenvalue weighted by Crippen LogP contribution is -2.44. The third-order valence-electron chi connectivity index (χ3n) is 4.50. The first-order valence-corrected chi connectivity index (χ1v) is 10.7. The fraction of sp³-hybridized carbons (Fsp3) is 0.316. The van der Waals surface area contributed by atoms with Crippen LogP contribution in [0.4, 0.5) is 11.4 Å². The third-order valence-corrected chi connectivity index (χ3v) is 6.37. The molecule has 1 aliphatic rings. The maximum absolute atomic E-state index is 12.4. The summed E-state index contributed by atoms with van der Waals surface area (Å²) in [5, 5.41) is 3.21. The van der Waals surface area contributed by atoms with Crippen molar-refractivity contribution in [3.05, 3.63) is 53.6 Å². The van der Waals surface area contributed by atoms with E-state index in [1.807, 2.05) is 6.07 Å². The molecule has 1 saturated heterocycles. The number of nitrogens with zero attached hydrogens (tertiary/aromatic N) is 2. The number of nitrogens with one attached hydrogen (secondary N) is 1. The number of piperazine rings is 1. The minimum Gasteiger partial charge on any atom is -0.367 e. The maximum atomic E-state index is 12.4. The first kappa shape index (κ1) is 19.7. The molecule has 0 atom stereocenters. The first-order chi connectivity index (χ1) is 12.8. The molecule has 0 saturated carbocycles. The molecule has 0 spiro atoms. The van der Waals surface area contributed by atoms with E-state index in [-0.39, 0.29) is 4.90 Å². The van der Waals surface area contributed by atoms with Crippen LogP contribution in [0.25, 0.3) is 0 Å². The smallest absolute Gasteiger partial charge is 0.240 e. The van der Waals surface area contributed by atoms with E-state index in [1.54, 1.807) is 30.3 Å². The van der Waals surface area contributed by atoms with Gasteiger partial charge in [0.2, 0.25) is 5.91 Å². The molecule has 1 N–H and O–H groups in total. The summed E-state index contributed by atoms with van der Waals surface area (Å²) in [7, 11) is -1.63. The maximum Gasteiger partial charge on any atom is 0.240 e. The van der Waals surface area contributed by atoms with E-state index in [0.717, 1.165) is 31.9 Å². The van der Waals surface area contributed by atoms with Crippen molar-refractivity contribution >= 4 is 38.7 Å². The summed E-state index contributed by atoms with van der Waals surface area (Å²) in [6.07, 6.45) is 0. The van der Waals surface area contributed by atoms with Crippen LogP contribution in [0, 0.1) is 0 Å². The van der Waals surface area contributed by atoms with Crippen molar-refractivity contribution in [2.75, 3.05) is 49.2 Å². The SMILES string of the molecule is CN1CCN(c2ccc(Cl)cc2NC(=O)CS(=O)(=O)c2ccccc2)CC1. The molecule has 0 aliphatic carbocycles. The summed E-state index contributed by atoms with van der Waals surface area (Å²) in [6.45, 7) is 3.48. The summed E-state index contributed by atoms with van der Waals surface area (Å²) >= 11 is 6.10. The van der Waals surface area contributed by atoms with Crippen LogP contribution in [0.15, 0.2) is 53.4 Å². The van der Waals surface area contributed by atoms with Gasteiger partial charge >= 0.3 is 0 Å². The number of halogens is 1. The second-order valence-electron chi connectivity index (χ2n) is 6.57. The Hall–Kier alpha value is -2.09. The van der Waals surface area contributed by atoms with E-state index in [9.17, 15) is 13.2 Å². The van der Waals surface area contributed by atoms with E-state index in [4.69, 9.17) is 11.6 Å². The van der Waals surface area contributed by atoms with Crippen molar-refractivity contribution in [2.24, 2.45) is 0 Å². The summed E-state index contributed by atoms with van der Waals surface area (Å²) in [5.74, 6) is -1.21. The van der Waals surface area contributed by atoms with Crippen LogP contribution in [0.3, 0.4) is 0 Å². The van der Waals surface area contributed by atoms with Crippen LogP contribution in [-0.4, -0.2) is 58.2 Å². The number of benzene rings is 2. The summed E-state index contributed by atoms with van der Waals surface area (Å²) in [5.41, 5.74) is 1.37. The van der Waals surface area contributed by atoms with E-state index in [0.29, 0.717) is 10.7 Å². The normalized spacial score (nSPS) is 15.6. The molecular weight excluding hydrogens is 386 g/mol. The van der Waals surface area contributed by atoms with E-state index >= 15 is 0 Å². The molecule has 1 heterocycles. The van der Waals surface area contributed by atoms with Crippen LogP contribution in [-0.2, 0) is 14.6 Å². The number of rotatable bonds is 5. The van der Waals surface area contributed by atoms with E-state index in [1.165, 1.54) is 12.1 Å². The molecule has 1 amide bonds. The molecule has 2 aromatic carbocycles. The Labute approximate surface area is 164 Å². The van der Waals surface area contributed by atoms with Gasteiger partial charge in [-0.2, -0.15) is 0 Å². The third kappa shape index (κ3) is 5.00. The molecule has 1 fully saturated rings. The second kappa shape index (κ2) is 8.29. The molecule has 8 heteroatoms. The van der Waals surface area contributed by atoms with Crippen molar-refractivity contribution in [1.29, 1.82) is 0 Å². The number of sulfone groups is 1. The largest absolute Gasteiger partial charge is 0.367 e. The van der Waals surface area contributed by atoms with Crippen molar-refractivity contribution in [1.82, 2.24) is 4.90 Å². The van der Waals surface area contributed by atoms with Gasteiger partial charge in [-0.05, 0) is 37.4 Å². The highest BCUT2D eigenvalue weighted by molar-refractivity contribution is 7.92. The van der Waals surface area contributed by atoms with Gasteiger partial charge in [0.1, 0.15) is 5.75 Å². The van der Waals surface area contributed by atoms with Gasteiger partial charge in [0.05, 0.1) is 16.3 Å². The van der Waals surface area contributed by atoms with Gasteiger partial charge in [-0.1, -0.05) is 29.8 Å². The molecule has 1 aliphatic heterocycles. The number of carbonyl (C=O) groups excluding carboxylic acids is 1. The van der Waals surface area contributed by atoms with Crippen LogP contribution in [0.2, 0.25) is 5.02 Å². The standard InChI is InChI=1S/C19H22ClN3O3S/c1-22-9-11-23(12-10-22)18-8-7-15(20)13-17(18)21-19(24)14-27(25,26)16-5-3-2-4-6-16/h2-8,13H,9-12,14H2,1H3,(H,21,24). The van der Waals surface area contributed by atoms with Gasteiger partial charge in [-0.3, -0.25) is 4.79 Å². The van der Waals surface area contributed by atoms with Gasteiger partial charge in [0.25, 0.3) is 0 Å². The van der Waals surface area contributed by atoms with Crippen molar-refractivity contribution in [3.8, 4) is 0 Å². The van der Waals surface area contributed by atoms with E-state index in [2.05, 4.69) is 22.2 Å². The molecule has 0 bridgehead atoms. The average Bonchev–Trinajstić information content (AvgIpc) is 2.63. The molecule has 27 heavy (non-hydrogen) atoms. The Balaban J connectivity index is 1.77. The Kier molecular flexibility index (Phi) is 6.04. The monoisotopic (exact) mass is 407 g/mol. The average molecular weight is 408 g/mol. The Morgan fingerprint density at radius 3 is 2.41 bits per heavy atom. The predicted octanol–water partition coefficient (Wildman–Crippen LogP) is 2.50. The summed E-state index contributed by atoms with van der Waals surface area (Å²) < 4.78 is 24.8. The molecular formula is C19H22ClN3O3S. The van der Waals surface area contributed by atoms with E-state index < -0.39 is 21.5 Å². The highest BCUT2D eigenvalue weighted by Gasteiger charge is 2.22. The Morgan fingerprint density at radius 2 is 1.74 bits per heavy atom. The minimum absolute atomic E-state index is 0.130. The van der Waals surface area contributed by atoms with Crippen LogP contribution < -0.4 is 10.2 Å². The van der Waals surface area contributed by atoms with Gasteiger partial charge in [0.15, 0.2) is 9.84 Å². The fourth-order valence-electron chi connectivity index (χ4n) is 3.00. The van der Waals surface area contributed by atoms with Crippen molar-refractivity contribution < 1.29 is 13.2 Å². The topological polar surface area (TPSA) is 69.7 Å². The lowest BCUT2D eigenvalue weighted by atomic mass is 10.2. The number of likely N-dealkylation sites (N-methyl/N-ethyl adjacent to an activating group) is 1. The van der Waals surface area contributed by atoms with Crippen LogP contribution in [0.5, 0.6) is 0 Å². The fourth-order valence-corrected chi connectivity index (χ4v) is 4.33. The summed E-state index contributed by atoms with van der Waals surface area (Å²) in [4.78, 5) is 17.0. The van der Waals surface area contributed by atoms with Gasteiger partial charge in [-0.15, -0.1) is 0 Å². The van der Waals surface area contributed by atoms with Gasteiger partial charge in [0, 0.05) is 31.2 Å². The lowest BCUT2D eigenvalue weighted by molar-refractivity contribution is -0.113. The number of amides is 1. The first-order valence-electron chi connectivity index (χ1n) is 8.66. The zero-order valence-electron chi connectivity index (χ0n) is 15.1. The van der Waals surface area contributed by atoms with Crippen molar-refractivity contribution in [3.63, 3.8) is 0 Å². The highest BCUT2D eigenvalue weighted by Crippen LogP contribution is 2.30. The van der Waals surface area contributed by atoms with Gasteiger partial charge < -0.3 is 15.1 Å². The second-order valence-corrected chi connectivity index (χ2v) is 9.00. The summed E-state index contributed by atoms with van der Waals surface area (Å²) in [6, 6.07) is 13.2. The quantitative estimate of drug-likeness (QED) is 0.824. The molecule has 6 nitrogen and oxygen atoms in total. The molecule has 0 aromatic heterocycles. The molecule has 0 unspecified atom stereocenters. The van der Waals surface area contributed by atoms with Gasteiger partial charge in [-0.25, -0.2) is 8.42 Å². The highest BCUT2D eigenvalue weighted by atomic mass is 35.5. The predicted molar refractivity (Wildman–Crippen MR) is 108 cm³/mol. The number of hydrogen-bond acceptors (Lipinski definition) is 5. The number of hydrogen-bond donors (Lipinski definition) is 1. The molecule has 3 rings (SSSR count). The zero-order chi connectivity index (χ0) is 19.4. The Bertz CT molecular complexity index is 911. The Morgan fingerprint density at radius 1 is 1.07 bits per heavy atom. The van der Waals surface area contributed by atoms with Crippen molar-refractivity contribution in [2.45, 2.75) is 4.90 Å². The number of carbonyl (C=O) groups is 1.